The molecule has 3 rings (SSSR count). The number of nitrogens with two attached hydrogens (primary N) is 1. The van der Waals surface area contributed by atoms with Crippen LogP contribution in [-0.2, 0) is 10.2 Å². The number of alkyl halides is 3. The summed E-state index contributed by atoms with van der Waals surface area (Å²) in [5, 5.41) is 3.72. The molecule has 2 N–H and O–H groups in total. The molecule has 27 heavy (non-hydrogen) atoms. The number of carbonyl (C=O) groups is 1. The van der Waals surface area contributed by atoms with Crippen LogP contribution < -0.4 is 5.73 Å². The highest BCUT2D eigenvalue weighted by atomic mass is 19.4. The summed E-state index contributed by atoms with van der Waals surface area (Å²) in [5.74, 6) is -0.703. The Bertz CT molecular complexity index is 778. The fourth-order valence-electron chi connectivity index (χ4n) is 3.25. The van der Waals surface area contributed by atoms with Crippen LogP contribution in [0.3, 0.4) is 0 Å². The molecule has 0 saturated carbocycles. The molecule has 1 saturated heterocycles. The lowest BCUT2D eigenvalue weighted by atomic mass is 9.86. The number of carbonyl (C=O) groups excluding carboxylic acids is 1. The number of aromatic nitrogens is 2. The number of unbranched alkanes of at least 4 members (excludes halogenated alkanes) is 1. The van der Waals surface area contributed by atoms with Gasteiger partial charge < -0.3 is 15.2 Å². The van der Waals surface area contributed by atoms with Crippen molar-refractivity contribution in [3.05, 3.63) is 36.2 Å². The van der Waals surface area contributed by atoms with Gasteiger partial charge in [-0.25, -0.2) is 0 Å². The van der Waals surface area contributed by atoms with Gasteiger partial charge in [-0.1, -0.05) is 35.5 Å². The van der Waals surface area contributed by atoms with E-state index in [1.54, 1.807) is 30.3 Å². The molecular weight excluding hydrogens is 361 g/mol. The van der Waals surface area contributed by atoms with E-state index in [0.29, 0.717) is 24.9 Å². The summed E-state index contributed by atoms with van der Waals surface area (Å²) < 4.78 is 46.9. The number of halogens is 3. The van der Waals surface area contributed by atoms with Crippen LogP contribution in [0.25, 0.3) is 11.4 Å². The molecule has 1 amide bonds. The van der Waals surface area contributed by atoms with Crippen molar-refractivity contribution in [2.45, 2.75) is 37.3 Å². The first kappa shape index (κ1) is 19.3. The molecule has 1 unspecified atom stereocenters. The van der Waals surface area contributed by atoms with Crippen molar-refractivity contribution in [2.75, 3.05) is 19.6 Å². The molecule has 1 aliphatic heterocycles. The average Bonchev–Trinajstić information content (AvgIpc) is 3.30. The van der Waals surface area contributed by atoms with Crippen molar-refractivity contribution in [3.8, 4) is 11.4 Å². The molecule has 1 fully saturated rings. The minimum absolute atomic E-state index is 0.00399. The molecule has 6 nitrogen and oxygen atoms in total. The normalized spacial score (nSPS) is 20.2. The zero-order valence-corrected chi connectivity index (χ0v) is 14.7. The van der Waals surface area contributed by atoms with E-state index in [9.17, 15) is 18.0 Å². The Hall–Kier alpha value is -2.42. The smallest absolute Gasteiger partial charge is 0.341 e. The Morgan fingerprint density at radius 2 is 2.00 bits per heavy atom. The molecule has 2 heterocycles. The Kier molecular flexibility index (Phi) is 5.50. The molecular formula is C18H21F3N4O2. The molecule has 1 aromatic heterocycles. The highest BCUT2D eigenvalue weighted by Crippen LogP contribution is 2.47. The number of hydrogen-bond donors (Lipinski definition) is 1. The van der Waals surface area contributed by atoms with Crippen molar-refractivity contribution in [2.24, 2.45) is 5.73 Å². The fourth-order valence-corrected chi connectivity index (χ4v) is 3.25. The summed E-state index contributed by atoms with van der Waals surface area (Å²) in [6, 6.07) is 8.64. The lowest BCUT2D eigenvalue weighted by Gasteiger charge is -2.28. The lowest BCUT2D eigenvalue weighted by molar-refractivity contribution is -0.193. The van der Waals surface area contributed by atoms with Crippen molar-refractivity contribution in [1.29, 1.82) is 0 Å². The van der Waals surface area contributed by atoms with Gasteiger partial charge in [0.15, 0.2) is 5.41 Å². The van der Waals surface area contributed by atoms with Crippen molar-refractivity contribution < 1.29 is 22.5 Å². The van der Waals surface area contributed by atoms with E-state index in [2.05, 4.69) is 10.1 Å². The van der Waals surface area contributed by atoms with Gasteiger partial charge in [-0.05, 0) is 25.8 Å². The lowest BCUT2D eigenvalue weighted by Crippen LogP contribution is -2.46. The molecule has 0 radical (unpaired) electrons. The maximum atomic E-state index is 14.0. The van der Waals surface area contributed by atoms with Gasteiger partial charge >= 0.3 is 6.18 Å². The van der Waals surface area contributed by atoms with Crippen molar-refractivity contribution >= 4 is 5.91 Å². The summed E-state index contributed by atoms with van der Waals surface area (Å²) in [4.78, 5) is 17.5. The molecule has 1 atom stereocenters. The Morgan fingerprint density at radius 1 is 1.26 bits per heavy atom. The van der Waals surface area contributed by atoms with Crippen molar-refractivity contribution in [3.63, 3.8) is 0 Å². The van der Waals surface area contributed by atoms with E-state index in [-0.39, 0.29) is 31.1 Å². The summed E-state index contributed by atoms with van der Waals surface area (Å²) in [6.07, 6.45) is -3.50. The van der Waals surface area contributed by atoms with E-state index in [1.807, 2.05) is 0 Å². The predicted molar refractivity (Wildman–Crippen MR) is 91.6 cm³/mol. The summed E-state index contributed by atoms with van der Waals surface area (Å²) in [6.45, 7) is -0.0532. The Labute approximate surface area is 154 Å². The first-order chi connectivity index (χ1) is 12.9. The standard InChI is InChI=1S/C18H21F3N4O2/c19-18(20,21)17(9-11-25(12-17)14(26)8-4-5-10-22)16-23-15(24-27-16)13-6-2-1-3-7-13/h1-3,6-7H,4-5,8-12,22H2. The number of benzene rings is 1. The predicted octanol–water partition coefficient (Wildman–Crippen LogP) is 2.90. The van der Waals surface area contributed by atoms with Crippen LogP contribution in [0.15, 0.2) is 34.9 Å². The van der Waals surface area contributed by atoms with Gasteiger partial charge in [0, 0.05) is 25.1 Å². The summed E-state index contributed by atoms with van der Waals surface area (Å²) in [5.41, 5.74) is 3.62. The number of amides is 1. The molecule has 2 aromatic rings. The van der Waals surface area contributed by atoms with E-state index in [4.69, 9.17) is 10.3 Å². The molecule has 0 bridgehead atoms. The third-order valence-electron chi connectivity index (χ3n) is 4.88. The SMILES string of the molecule is NCCCCC(=O)N1CCC(c2nc(-c3ccccc3)no2)(C(F)(F)F)C1. The van der Waals surface area contributed by atoms with Crippen LogP contribution in [0.1, 0.15) is 31.6 Å². The van der Waals surface area contributed by atoms with Crippen LogP contribution in [0.4, 0.5) is 13.2 Å². The molecule has 9 heteroatoms. The largest absolute Gasteiger partial charge is 0.405 e. The zero-order valence-electron chi connectivity index (χ0n) is 14.7. The van der Waals surface area contributed by atoms with Crippen LogP contribution >= 0.6 is 0 Å². The quantitative estimate of drug-likeness (QED) is 0.777. The zero-order chi connectivity index (χ0) is 19.5. The Morgan fingerprint density at radius 3 is 2.67 bits per heavy atom. The molecule has 146 valence electrons. The van der Waals surface area contributed by atoms with Gasteiger partial charge in [0.25, 0.3) is 0 Å². The molecule has 1 aliphatic rings. The Balaban J connectivity index is 1.83. The maximum Gasteiger partial charge on any atom is 0.405 e. The monoisotopic (exact) mass is 382 g/mol. The van der Waals surface area contributed by atoms with Crippen LogP contribution in [0, 0.1) is 0 Å². The van der Waals surface area contributed by atoms with E-state index >= 15 is 0 Å². The molecule has 0 aliphatic carbocycles. The minimum atomic E-state index is -4.61. The number of likely N-dealkylation sites (tertiary alicyclic amines) is 1. The summed E-state index contributed by atoms with van der Waals surface area (Å²) >= 11 is 0. The van der Waals surface area contributed by atoms with Gasteiger partial charge in [-0.2, -0.15) is 18.2 Å². The van der Waals surface area contributed by atoms with Crippen molar-refractivity contribution in [1.82, 2.24) is 15.0 Å². The van der Waals surface area contributed by atoms with Gasteiger partial charge in [-0.3, -0.25) is 4.79 Å². The van der Waals surface area contributed by atoms with Gasteiger partial charge in [0.2, 0.25) is 17.6 Å². The van der Waals surface area contributed by atoms with E-state index in [0.717, 1.165) is 0 Å². The highest BCUT2D eigenvalue weighted by Gasteiger charge is 2.63. The summed E-state index contributed by atoms with van der Waals surface area (Å²) in [7, 11) is 0. The number of hydrogen-bond acceptors (Lipinski definition) is 5. The maximum absolute atomic E-state index is 14.0. The second-order valence-corrected chi connectivity index (χ2v) is 6.68. The van der Waals surface area contributed by atoms with Crippen LogP contribution in [-0.4, -0.2) is 46.8 Å². The van der Waals surface area contributed by atoms with Gasteiger partial charge in [0.1, 0.15) is 0 Å². The van der Waals surface area contributed by atoms with Crippen LogP contribution in [0.2, 0.25) is 0 Å². The van der Waals surface area contributed by atoms with Gasteiger partial charge in [-0.15, -0.1) is 0 Å². The van der Waals surface area contributed by atoms with E-state index in [1.165, 1.54) is 4.90 Å². The third kappa shape index (κ3) is 3.83. The minimum Gasteiger partial charge on any atom is -0.341 e. The van der Waals surface area contributed by atoms with Crippen LogP contribution in [0.5, 0.6) is 0 Å². The highest BCUT2D eigenvalue weighted by molar-refractivity contribution is 5.76. The fraction of sp³-hybridized carbons (Fsp3) is 0.500. The second kappa shape index (κ2) is 7.67. The van der Waals surface area contributed by atoms with Gasteiger partial charge in [0.05, 0.1) is 0 Å². The number of rotatable bonds is 6. The topological polar surface area (TPSA) is 85.3 Å². The first-order valence-electron chi connectivity index (χ1n) is 8.81. The average molecular weight is 382 g/mol. The van der Waals surface area contributed by atoms with E-state index < -0.39 is 24.0 Å². The third-order valence-corrected chi connectivity index (χ3v) is 4.88. The first-order valence-corrected chi connectivity index (χ1v) is 8.81. The molecule has 1 aromatic carbocycles. The second-order valence-electron chi connectivity index (χ2n) is 6.68. The number of nitrogens with zero attached hydrogens (tertiary/aromatic N) is 3. The molecule has 0 spiro atoms.